The third-order valence-corrected chi connectivity index (χ3v) is 14.8. The van der Waals surface area contributed by atoms with Crippen LogP contribution in [-0.4, -0.2) is 146 Å². The highest BCUT2D eigenvalue weighted by Gasteiger charge is 2.42. The van der Waals surface area contributed by atoms with Crippen molar-refractivity contribution in [3.63, 3.8) is 0 Å². The number of aryl methyl sites for hydroxylation is 1. The number of carbonyl (C=O) groups excluding carboxylic acids is 9. The molecule has 0 bridgehead atoms. The third-order valence-electron chi connectivity index (χ3n) is 13.3. The summed E-state index contributed by atoms with van der Waals surface area (Å²) in [6.07, 6.45) is 4.55. The van der Waals surface area contributed by atoms with Crippen LogP contribution in [0.25, 0.3) is 10.4 Å². The predicted octanol–water partition coefficient (Wildman–Crippen LogP) is 5.22. The van der Waals surface area contributed by atoms with Crippen molar-refractivity contribution >= 4 is 70.4 Å². The first-order valence-electron chi connectivity index (χ1n) is 26.7. The molecule has 26 heteroatoms. The molecule has 3 aliphatic rings. The first-order valence-corrected chi connectivity index (χ1v) is 27.7. The Hall–Kier alpha value is -6.37. The number of hydrogen-bond donors (Lipinski definition) is 6. The Bertz CT molecular complexity index is 2250. The van der Waals surface area contributed by atoms with Crippen molar-refractivity contribution in [2.75, 3.05) is 65.0 Å². The number of fused-ring (bicyclic) bond motifs is 1. The summed E-state index contributed by atoms with van der Waals surface area (Å²) in [5.41, 5.74) is 8.47. The molecular formula is C51H76N10O15S. The molecule has 2 aliphatic heterocycles. The normalized spacial score (nSPS) is 18.4. The number of ketones is 4. The zero-order valence-electron chi connectivity index (χ0n) is 44.2. The summed E-state index contributed by atoms with van der Waals surface area (Å²) in [4.78, 5) is 126. The topological polar surface area (TPSA) is 355 Å². The number of azide groups is 1. The van der Waals surface area contributed by atoms with Gasteiger partial charge in [0.05, 0.1) is 55.6 Å². The maximum atomic E-state index is 13.5. The van der Waals surface area contributed by atoms with Gasteiger partial charge in [-0.15, -0.1) is 0 Å². The molecule has 0 aromatic heterocycles. The van der Waals surface area contributed by atoms with Crippen LogP contribution in [0.2, 0.25) is 0 Å². The molecule has 2 heterocycles. The number of unbranched alkanes of at least 4 members (excludes halogenated alkanes) is 3. The van der Waals surface area contributed by atoms with Crippen molar-refractivity contribution in [2.45, 2.75) is 159 Å². The molecule has 25 nitrogen and oxygen atoms in total. The Kier molecular flexibility index (Phi) is 28.8. The van der Waals surface area contributed by atoms with Gasteiger partial charge in [0.15, 0.2) is 11.6 Å². The number of urea groups is 1. The van der Waals surface area contributed by atoms with Gasteiger partial charge in [-0.25, -0.2) is 9.59 Å². The van der Waals surface area contributed by atoms with Crippen molar-refractivity contribution in [1.82, 2.24) is 31.9 Å². The van der Waals surface area contributed by atoms with Gasteiger partial charge in [-0.2, -0.15) is 11.8 Å². The summed E-state index contributed by atoms with van der Waals surface area (Å²) in [6.45, 7) is 4.94. The van der Waals surface area contributed by atoms with Gasteiger partial charge < -0.3 is 50.8 Å². The van der Waals surface area contributed by atoms with Gasteiger partial charge >= 0.3 is 12.1 Å². The number of thioether (sulfide) groups is 1. The fourth-order valence-corrected chi connectivity index (χ4v) is 10.6. The Balaban J connectivity index is 1.16. The molecule has 1 saturated carbocycles. The number of benzene rings is 1. The van der Waals surface area contributed by atoms with Crippen LogP contribution in [-0.2, 0) is 47.8 Å². The molecule has 6 N–H and O–H groups in total. The van der Waals surface area contributed by atoms with E-state index in [-0.39, 0.29) is 175 Å². The fourth-order valence-electron chi connectivity index (χ4n) is 9.07. The molecule has 426 valence electrons. The number of Topliss-reactive ketones (excluding diaryl/α,β-unsaturated/α-hetero) is 4. The highest BCUT2D eigenvalue weighted by Crippen LogP contribution is 2.35. The number of alkyl carbamates (subject to hydrolysis) is 1. The van der Waals surface area contributed by atoms with Gasteiger partial charge in [-0.05, 0) is 81.9 Å². The first-order chi connectivity index (χ1) is 37.0. The van der Waals surface area contributed by atoms with Gasteiger partial charge in [-0.1, -0.05) is 24.4 Å². The second-order valence-electron chi connectivity index (χ2n) is 19.4. The summed E-state index contributed by atoms with van der Waals surface area (Å²) in [7, 11) is 0. The van der Waals surface area contributed by atoms with Crippen molar-refractivity contribution in [2.24, 2.45) is 11.0 Å². The van der Waals surface area contributed by atoms with E-state index >= 15 is 0 Å². The van der Waals surface area contributed by atoms with E-state index in [1.54, 1.807) is 6.92 Å². The Morgan fingerprint density at radius 3 is 2.27 bits per heavy atom. The summed E-state index contributed by atoms with van der Waals surface area (Å²) >= 11 is 1.85. The van der Waals surface area contributed by atoms with E-state index in [9.17, 15) is 53.3 Å². The van der Waals surface area contributed by atoms with Crippen LogP contribution in [0, 0.1) is 23.0 Å². The number of nitro groups is 1. The lowest BCUT2D eigenvalue weighted by atomic mass is 9.84. The minimum atomic E-state index is -1.19. The van der Waals surface area contributed by atoms with Crippen LogP contribution < -0.4 is 36.6 Å². The molecule has 6 amide bonds. The van der Waals surface area contributed by atoms with E-state index < -0.39 is 40.6 Å². The molecule has 1 aliphatic carbocycles. The van der Waals surface area contributed by atoms with Crippen LogP contribution in [0.1, 0.15) is 140 Å². The van der Waals surface area contributed by atoms with Gasteiger partial charge in [-0.3, -0.25) is 43.7 Å². The smallest absolute Gasteiger partial charge is 0.408 e. The lowest BCUT2D eigenvalue weighted by Crippen LogP contribution is -2.47. The molecule has 6 atom stereocenters. The molecule has 77 heavy (non-hydrogen) atoms. The maximum Gasteiger partial charge on any atom is 0.408 e. The summed E-state index contributed by atoms with van der Waals surface area (Å²) < 4.78 is 22.4. The number of carbonyl (C=O) groups is 9. The summed E-state index contributed by atoms with van der Waals surface area (Å²) in [5, 5.41) is 32.7. The molecular weight excluding hydrogens is 1020 g/mol. The van der Waals surface area contributed by atoms with Crippen LogP contribution in [0.15, 0.2) is 17.2 Å². The van der Waals surface area contributed by atoms with E-state index in [1.807, 2.05) is 11.8 Å². The standard InChI is InChI=1S/C51H76N10O15S/c1-33-28-41(61(71)72)38(31-44(33)75-23-9-15-47(67)54-21-26-74-25-20-53-46(66)14-7-6-13-45-48-40(32-77-45)57-50(69)59-48)34(2)76-51(70)58-39(12-5-3-4-10-36(62)18-24-73-27-22-56-60-52)49(68)55-19-8-11-37(63)29-35-16-17-42(64)43(65)30-35/h28,31,34-35,39-40,45,48H,3-27,29-30,32H2,1-2H3,(H,53,66)(H,54,67)(H,55,68)(H,58,70)(H2,57,59,69)/t34?,35?,39?,40-,45-,48-/m0/s1. The highest BCUT2D eigenvalue weighted by molar-refractivity contribution is 8.00. The number of nitrogens with zero attached hydrogens (tertiary/aromatic N) is 4. The van der Waals surface area contributed by atoms with E-state index in [1.165, 1.54) is 19.1 Å². The number of hydrogen-bond acceptors (Lipinski definition) is 17. The Labute approximate surface area is 452 Å². The highest BCUT2D eigenvalue weighted by atomic mass is 32.2. The average molecular weight is 1100 g/mol. The monoisotopic (exact) mass is 1100 g/mol. The number of amides is 6. The van der Waals surface area contributed by atoms with Gasteiger partial charge in [0, 0.05) is 99.5 Å². The second-order valence-corrected chi connectivity index (χ2v) is 20.6. The first kappa shape index (κ1) is 63.2. The predicted molar refractivity (Wildman–Crippen MR) is 282 cm³/mol. The van der Waals surface area contributed by atoms with Gasteiger partial charge in [0.2, 0.25) is 17.7 Å². The van der Waals surface area contributed by atoms with Crippen molar-refractivity contribution < 1.29 is 67.0 Å². The average Bonchev–Trinajstić information content (AvgIpc) is 3.95. The van der Waals surface area contributed by atoms with Crippen LogP contribution >= 0.6 is 11.8 Å². The summed E-state index contributed by atoms with van der Waals surface area (Å²) in [5.74, 6) is -0.850. The van der Waals surface area contributed by atoms with E-state index in [0.717, 1.165) is 25.0 Å². The Morgan fingerprint density at radius 2 is 1.55 bits per heavy atom. The molecule has 3 unspecified atom stereocenters. The van der Waals surface area contributed by atoms with E-state index in [0.29, 0.717) is 55.9 Å². The maximum absolute atomic E-state index is 13.5. The summed E-state index contributed by atoms with van der Waals surface area (Å²) in [6, 6.07) is 1.82. The third kappa shape index (κ3) is 24.2. The van der Waals surface area contributed by atoms with Crippen LogP contribution in [0.5, 0.6) is 5.75 Å². The van der Waals surface area contributed by atoms with Crippen molar-refractivity contribution in [3.8, 4) is 5.75 Å². The van der Waals surface area contributed by atoms with Crippen molar-refractivity contribution in [1.29, 1.82) is 0 Å². The zero-order valence-corrected chi connectivity index (χ0v) is 45.1. The zero-order chi connectivity index (χ0) is 56.0. The minimum absolute atomic E-state index is 0.0230. The van der Waals surface area contributed by atoms with Gasteiger partial charge in [0.25, 0.3) is 5.69 Å². The largest absolute Gasteiger partial charge is 0.493 e. The van der Waals surface area contributed by atoms with E-state index in [2.05, 4.69) is 41.9 Å². The number of nitro benzene ring substituents is 1. The van der Waals surface area contributed by atoms with E-state index in [4.69, 9.17) is 24.5 Å². The molecule has 0 spiro atoms. The minimum Gasteiger partial charge on any atom is -0.493 e. The SMILES string of the molecule is Cc1cc([N+](=O)[O-])c(C(C)OC(=O)NC(CCCCCC(=O)CCOCCN=[N+]=[N-])C(=O)NCCCC(=O)CC2CCC(=O)C(=O)C2)cc1OCCCC(=O)NCCOCCNC(=O)CCCC[C@@H]1SC[C@@H]2NC(=O)N[C@@H]21. The fraction of sp³-hybridized carbons (Fsp3) is 0.706. The lowest BCUT2D eigenvalue weighted by Gasteiger charge is -2.21. The number of rotatable bonds is 39. The number of ether oxygens (including phenoxy) is 4. The molecule has 4 rings (SSSR count). The Morgan fingerprint density at radius 1 is 0.831 bits per heavy atom. The quantitative estimate of drug-likeness (QED) is 0.00719. The molecule has 0 radical (unpaired) electrons. The molecule has 2 saturated heterocycles. The van der Waals surface area contributed by atoms with Crippen LogP contribution in [0.3, 0.4) is 0 Å². The van der Waals surface area contributed by atoms with Gasteiger partial charge in [0.1, 0.15) is 29.5 Å². The number of nitrogens with one attached hydrogen (secondary N) is 6. The van der Waals surface area contributed by atoms with Crippen LogP contribution in [0.4, 0.5) is 15.3 Å². The molecule has 1 aromatic carbocycles. The second kappa shape index (κ2) is 35.1. The molecule has 1 aromatic rings. The molecule has 3 fully saturated rings. The lowest BCUT2D eigenvalue weighted by molar-refractivity contribution is -0.386. The van der Waals surface area contributed by atoms with Crippen molar-refractivity contribution in [3.05, 3.63) is 43.8 Å².